The zero-order chi connectivity index (χ0) is 12.0. The molecule has 2 N–H and O–H groups in total. The smallest absolute Gasteiger partial charge is 0.322 e. The predicted octanol–water partition coefficient (Wildman–Crippen LogP) is 1.14. The molecule has 0 bridgehead atoms. The van der Waals surface area contributed by atoms with Crippen LogP contribution in [-0.2, 0) is 9.53 Å². The minimum Gasteiger partial charge on any atom is -0.465 e. The van der Waals surface area contributed by atoms with Gasteiger partial charge in [-0.05, 0) is 46.2 Å². The zero-order valence-corrected chi connectivity index (χ0v) is 10.4. The highest BCUT2D eigenvalue weighted by molar-refractivity contribution is 5.75. The highest BCUT2D eigenvalue weighted by Crippen LogP contribution is 2.19. The van der Waals surface area contributed by atoms with E-state index in [1.165, 1.54) is 25.8 Å². The summed E-state index contributed by atoms with van der Waals surface area (Å²) in [7, 11) is 2.15. The Morgan fingerprint density at radius 2 is 2.31 bits per heavy atom. The van der Waals surface area contributed by atoms with Crippen LogP contribution >= 0.6 is 0 Å². The van der Waals surface area contributed by atoms with Crippen molar-refractivity contribution in [3.8, 4) is 0 Å². The molecule has 4 nitrogen and oxygen atoms in total. The molecule has 16 heavy (non-hydrogen) atoms. The Morgan fingerprint density at radius 1 is 1.56 bits per heavy atom. The second-order valence-electron chi connectivity index (χ2n) is 4.57. The Hall–Kier alpha value is -0.610. The number of carbonyl (C=O) groups is 1. The van der Waals surface area contributed by atoms with Gasteiger partial charge < -0.3 is 15.4 Å². The minimum absolute atomic E-state index is 0.263. The van der Waals surface area contributed by atoms with E-state index in [0.29, 0.717) is 12.6 Å². The van der Waals surface area contributed by atoms with Crippen molar-refractivity contribution in [1.29, 1.82) is 0 Å². The largest absolute Gasteiger partial charge is 0.465 e. The van der Waals surface area contributed by atoms with Gasteiger partial charge in [-0.1, -0.05) is 6.42 Å². The van der Waals surface area contributed by atoms with Crippen LogP contribution in [0.4, 0.5) is 0 Å². The van der Waals surface area contributed by atoms with Crippen molar-refractivity contribution >= 4 is 5.97 Å². The van der Waals surface area contributed by atoms with Gasteiger partial charge in [0, 0.05) is 6.04 Å². The fourth-order valence-corrected chi connectivity index (χ4v) is 2.25. The van der Waals surface area contributed by atoms with Crippen LogP contribution in [0.15, 0.2) is 0 Å². The van der Waals surface area contributed by atoms with Gasteiger partial charge in [0.2, 0.25) is 0 Å². The maximum absolute atomic E-state index is 11.3. The fourth-order valence-electron chi connectivity index (χ4n) is 2.25. The quantitative estimate of drug-likeness (QED) is 0.717. The minimum atomic E-state index is -0.449. The molecule has 0 aromatic carbocycles. The molecule has 1 aliphatic rings. The Morgan fingerprint density at radius 3 is 2.94 bits per heavy atom. The first-order chi connectivity index (χ1) is 7.65. The van der Waals surface area contributed by atoms with E-state index in [4.69, 9.17) is 10.5 Å². The highest BCUT2D eigenvalue weighted by Gasteiger charge is 2.21. The van der Waals surface area contributed by atoms with Gasteiger partial charge in [0.1, 0.15) is 6.04 Å². The Bertz CT molecular complexity index is 221. The monoisotopic (exact) mass is 228 g/mol. The van der Waals surface area contributed by atoms with Crippen molar-refractivity contribution in [3.05, 3.63) is 0 Å². The van der Waals surface area contributed by atoms with Gasteiger partial charge in [0.05, 0.1) is 6.61 Å². The maximum atomic E-state index is 11.3. The van der Waals surface area contributed by atoms with Gasteiger partial charge in [-0.3, -0.25) is 4.79 Å². The molecule has 0 saturated carbocycles. The first kappa shape index (κ1) is 13.5. The highest BCUT2D eigenvalue weighted by atomic mass is 16.5. The van der Waals surface area contributed by atoms with Gasteiger partial charge in [-0.2, -0.15) is 0 Å². The first-order valence-electron chi connectivity index (χ1n) is 6.27. The molecule has 1 fully saturated rings. The number of nitrogens with zero attached hydrogens (tertiary/aromatic N) is 1. The molecular formula is C12H24N2O2. The molecule has 1 rings (SSSR count). The van der Waals surface area contributed by atoms with Crippen molar-refractivity contribution in [1.82, 2.24) is 4.90 Å². The van der Waals surface area contributed by atoms with Gasteiger partial charge >= 0.3 is 5.97 Å². The molecule has 2 atom stereocenters. The summed E-state index contributed by atoms with van der Waals surface area (Å²) in [5.74, 6) is -0.263. The molecule has 0 radical (unpaired) electrons. The topological polar surface area (TPSA) is 55.6 Å². The third kappa shape index (κ3) is 4.10. The van der Waals surface area contributed by atoms with Crippen LogP contribution in [0.3, 0.4) is 0 Å². The number of hydrogen-bond acceptors (Lipinski definition) is 4. The van der Waals surface area contributed by atoms with E-state index in [1.807, 2.05) is 0 Å². The molecule has 0 aromatic rings. The summed E-state index contributed by atoms with van der Waals surface area (Å²) in [5, 5.41) is 0. The molecule has 94 valence electrons. The third-order valence-corrected chi connectivity index (χ3v) is 3.32. The second kappa shape index (κ2) is 6.86. The van der Waals surface area contributed by atoms with Crippen LogP contribution in [0.2, 0.25) is 0 Å². The number of nitrogens with two attached hydrogens (primary N) is 1. The van der Waals surface area contributed by atoms with E-state index in [9.17, 15) is 4.79 Å². The molecular weight excluding hydrogens is 204 g/mol. The number of carbonyl (C=O) groups excluding carboxylic acids is 1. The summed E-state index contributed by atoms with van der Waals surface area (Å²) in [6, 6.07) is 0.143. The summed E-state index contributed by atoms with van der Waals surface area (Å²) in [4.78, 5) is 13.7. The zero-order valence-electron chi connectivity index (χ0n) is 10.4. The summed E-state index contributed by atoms with van der Waals surface area (Å²) in [6.45, 7) is 3.38. The van der Waals surface area contributed by atoms with Crippen molar-refractivity contribution in [2.45, 2.75) is 51.1 Å². The molecule has 0 amide bonds. The van der Waals surface area contributed by atoms with Crippen molar-refractivity contribution in [3.63, 3.8) is 0 Å². The number of likely N-dealkylation sites (tertiary alicyclic amines) is 1. The third-order valence-electron chi connectivity index (χ3n) is 3.32. The van der Waals surface area contributed by atoms with E-state index >= 15 is 0 Å². The van der Waals surface area contributed by atoms with Crippen LogP contribution in [0.1, 0.15) is 39.0 Å². The summed E-state index contributed by atoms with van der Waals surface area (Å²) in [6.07, 6.45) is 5.54. The van der Waals surface area contributed by atoms with Crippen LogP contribution in [0, 0.1) is 0 Å². The lowest BCUT2D eigenvalue weighted by molar-refractivity contribution is -0.144. The SMILES string of the molecule is CCOC(=O)C(N)CCC1CCCCN1C. The Kier molecular flexibility index (Phi) is 5.77. The van der Waals surface area contributed by atoms with Gasteiger partial charge in [-0.15, -0.1) is 0 Å². The van der Waals surface area contributed by atoms with Gasteiger partial charge in [0.15, 0.2) is 0 Å². The number of rotatable bonds is 5. The lowest BCUT2D eigenvalue weighted by Gasteiger charge is -2.32. The van der Waals surface area contributed by atoms with E-state index < -0.39 is 6.04 Å². The normalized spacial score (nSPS) is 24.1. The Labute approximate surface area is 98.1 Å². The average Bonchev–Trinajstić information content (AvgIpc) is 2.28. The molecule has 1 saturated heterocycles. The number of piperidine rings is 1. The molecule has 0 aliphatic carbocycles. The molecule has 1 aliphatic heterocycles. The van der Waals surface area contributed by atoms with E-state index in [-0.39, 0.29) is 5.97 Å². The number of esters is 1. The standard InChI is InChI=1S/C12H24N2O2/c1-3-16-12(15)11(13)8-7-10-6-4-5-9-14(10)2/h10-11H,3-9,13H2,1-2H3. The Balaban J connectivity index is 2.24. The molecule has 0 spiro atoms. The van der Waals surface area contributed by atoms with Crippen LogP contribution < -0.4 is 5.73 Å². The molecule has 1 heterocycles. The lowest BCUT2D eigenvalue weighted by Crippen LogP contribution is -2.39. The van der Waals surface area contributed by atoms with Crippen LogP contribution in [0.25, 0.3) is 0 Å². The number of ether oxygens (including phenoxy) is 1. The fraction of sp³-hybridized carbons (Fsp3) is 0.917. The first-order valence-corrected chi connectivity index (χ1v) is 6.27. The lowest BCUT2D eigenvalue weighted by atomic mass is 9.97. The predicted molar refractivity (Wildman–Crippen MR) is 64.1 cm³/mol. The van der Waals surface area contributed by atoms with Crippen molar-refractivity contribution in [2.75, 3.05) is 20.2 Å². The van der Waals surface area contributed by atoms with Gasteiger partial charge in [0.25, 0.3) is 0 Å². The summed E-state index contributed by atoms with van der Waals surface area (Å²) < 4.78 is 4.89. The average molecular weight is 228 g/mol. The number of hydrogen-bond donors (Lipinski definition) is 1. The molecule has 4 heteroatoms. The van der Waals surface area contributed by atoms with Crippen LogP contribution in [-0.4, -0.2) is 43.2 Å². The summed E-state index contributed by atoms with van der Waals surface area (Å²) >= 11 is 0. The van der Waals surface area contributed by atoms with E-state index in [1.54, 1.807) is 6.92 Å². The van der Waals surface area contributed by atoms with Crippen molar-refractivity contribution in [2.24, 2.45) is 5.73 Å². The molecule has 0 aromatic heterocycles. The maximum Gasteiger partial charge on any atom is 0.322 e. The van der Waals surface area contributed by atoms with Crippen LogP contribution in [0.5, 0.6) is 0 Å². The summed E-state index contributed by atoms with van der Waals surface area (Å²) in [5.41, 5.74) is 5.77. The second-order valence-corrected chi connectivity index (χ2v) is 4.57. The molecule has 2 unspecified atom stereocenters. The van der Waals surface area contributed by atoms with E-state index in [2.05, 4.69) is 11.9 Å². The van der Waals surface area contributed by atoms with Crippen molar-refractivity contribution < 1.29 is 9.53 Å². The van der Waals surface area contributed by atoms with E-state index in [0.717, 1.165) is 12.8 Å². The van der Waals surface area contributed by atoms with Gasteiger partial charge in [-0.25, -0.2) is 0 Å².